The average molecular weight is 301 g/mol. The van der Waals surface area contributed by atoms with Gasteiger partial charge in [0.2, 0.25) is 0 Å². The highest BCUT2D eigenvalue weighted by atomic mass is 16.4. The van der Waals surface area contributed by atoms with Crippen molar-refractivity contribution in [2.45, 2.75) is 25.7 Å². The average Bonchev–Trinajstić information content (AvgIpc) is 2.97. The normalized spacial score (nSPS) is 12.1. The van der Waals surface area contributed by atoms with Gasteiger partial charge >= 0.3 is 5.97 Å². The second-order valence-electron chi connectivity index (χ2n) is 5.37. The fourth-order valence-electron chi connectivity index (χ4n) is 2.27. The number of rotatable bonds is 6. The monoisotopic (exact) mass is 301 g/mol. The van der Waals surface area contributed by atoms with Gasteiger partial charge in [-0.05, 0) is 17.5 Å². The Balaban J connectivity index is 2.08. The fourth-order valence-corrected chi connectivity index (χ4v) is 2.27. The third-order valence-corrected chi connectivity index (χ3v) is 3.49. The van der Waals surface area contributed by atoms with Crippen molar-refractivity contribution in [2.24, 2.45) is 0 Å². The predicted octanol–water partition coefficient (Wildman–Crippen LogP) is 3.00. The molecule has 0 spiro atoms. The van der Waals surface area contributed by atoms with Gasteiger partial charge in [-0.25, -0.2) is 0 Å². The smallest absolute Gasteiger partial charge is 0.312 e. The second-order valence-corrected chi connectivity index (χ2v) is 5.37. The fraction of sp³-hybridized carbons (Fsp3) is 0.294. The molecule has 1 heterocycles. The number of carboxylic acid groups (broad SMARTS) is 1. The zero-order valence-corrected chi connectivity index (χ0v) is 12.6. The first kappa shape index (κ1) is 15.8. The highest BCUT2D eigenvalue weighted by Gasteiger charge is 2.23. The molecule has 1 aromatic heterocycles. The minimum absolute atomic E-state index is 0.0103. The van der Waals surface area contributed by atoms with Crippen molar-refractivity contribution in [3.63, 3.8) is 0 Å². The van der Waals surface area contributed by atoms with E-state index in [0.29, 0.717) is 5.56 Å². The van der Waals surface area contributed by atoms with Crippen LogP contribution in [0.4, 0.5) is 0 Å². The summed E-state index contributed by atoms with van der Waals surface area (Å²) in [4.78, 5) is 23.6. The van der Waals surface area contributed by atoms with E-state index in [1.165, 1.54) is 6.26 Å². The number of carbonyl (C=O) groups is 2. The second kappa shape index (κ2) is 6.93. The first-order chi connectivity index (χ1) is 10.5. The van der Waals surface area contributed by atoms with Crippen LogP contribution in [0.3, 0.4) is 0 Å². The maximum Gasteiger partial charge on any atom is 0.312 e. The summed E-state index contributed by atoms with van der Waals surface area (Å²) >= 11 is 0. The summed E-state index contributed by atoms with van der Waals surface area (Å²) in [6.45, 7) is 3.94. The molecule has 1 unspecified atom stereocenters. The van der Waals surface area contributed by atoms with Crippen molar-refractivity contribution >= 4 is 11.9 Å². The Morgan fingerprint density at radius 3 is 2.45 bits per heavy atom. The molecule has 0 fully saturated rings. The van der Waals surface area contributed by atoms with Gasteiger partial charge in [-0.15, -0.1) is 0 Å². The number of furan rings is 1. The van der Waals surface area contributed by atoms with E-state index in [9.17, 15) is 14.7 Å². The van der Waals surface area contributed by atoms with Crippen molar-refractivity contribution in [3.8, 4) is 0 Å². The molecule has 0 bridgehead atoms. The van der Waals surface area contributed by atoms with E-state index < -0.39 is 17.8 Å². The summed E-state index contributed by atoms with van der Waals surface area (Å²) < 4.78 is 5.23. The number of hydrogen-bond acceptors (Lipinski definition) is 3. The maximum atomic E-state index is 12.2. The number of carbonyl (C=O) groups excluding carboxylic acids is 1. The van der Waals surface area contributed by atoms with Crippen LogP contribution in [0.25, 0.3) is 0 Å². The highest BCUT2D eigenvalue weighted by molar-refractivity contribution is 5.93. The van der Waals surface area contributed by atoms with Crippen molar-refractivity contribution in [3.05, 3.63) is 59.5 Å². The third kappa shape index (κ3) is 3.55. The van der Waals surface area contributed by atoms with Gasteiger partial charge in [0.1, 0.15) is 0 Å². The van der Waals surface area contributed by atoms with Gasteiger partial charge < -0.3 is 14.8 Å². The van der Waals surface area contributed by atoms with Gasteiger partial charge in [0.15, 0.2) is 5.76 Å². The van der Waals surface area contributed by atoms with E-state index in [-0.39, 0.29) is 18.2 Å². The molecular weight excluding hydrogens is 282 g/mol. The van der Waals surface area contributed by atoms with E-state index >= 15 is 0 Å². The van der Waals surface area contributed by atoms with Crippen molar-refractivity contribution in [2.75, 3.05) is 6.54 Å². The summed E-state index contributed by atoms with van der Waals surface area (Å²) in [5.41, 5.74) is 1.46. The van der Waals surface area contributed by atoms with Crippen LogP contribution in [0.2, 0.25) is 0 Å². The van der Waals surface area contributed by atoms with Crippen LogP contribution in [0, 0.1) is 0 Å². The van der Waals surface area contributed by atoms with Crippen LogP contribution in [0.1, 0.15) is 47.4 Å². The Bertz CT molecular complexity index is 646. The largest absolute Gasteiger partial charge is 0.481 e. The van der Waals surface area contributed by atoms with E-state index in [4.69, 9.17) is 4.42 Å². The van der Waals surface area contributed by atoms with E-state index in [1.54, 1.807) is 30.3 Å². The Hall–Kier alpha value is -2.56. The lowest BCUT2D eigenvalue weighted by Gasteiger charge is -2.14. The number of benzene rings is 1. The number of amides is 1. The molecule has 1 atom stereocenters. The molecule has 2 rings (SSSR count). The van der Waals surface area contributed by atoms with Crippen molar-refractivity contribution in [1.82, 2.24) is 5.32 Å². The Morgan fingerprint density at radius 2 is 1.86 bits per heavy atom. The Labute approximate surface area is 129 Å². The van der Waals surface area contributed by atoms with Gasteiger partial charge in [-0.3, -0.25) is 9.59 Å². The van der Waals surface area contributed by atoms with E-state index in [0.717, 1.165) is 5.56 Å². The van der Waals surface area contributed by atoms with Gasteiger partial charge in [-0.1, -0.05) is 44.2 Å². The number of nitrogens with one attached hydrogen (secondary N) is 1. The minimum Gasteiger partial charge on any atom is -0.481 e. The lowest BCUT2D eigenvalue weighted by atomic mass is 9.99. The molecule has 1 aromatic carbocycles. The Kier molecular flexibility index (Phi) is 4.99. The van der Waals surface area contributed by atoms with Gasteiger partial charge in [0.05, 0.1) is 12.2 Å². The molecule has 0 aliphatic carbocycles. The summed E-state index contributed by atoms with van der Waals surface area (Å²) in [5.74, 6) is -1.76. The van der Waals surface area contributed by atoms with E-state index in [1.807, 2.05) is 19.9 Å². The Morgan fingerprint density at radius 1 is 1.18 bits per heavy atom. The molecule has 2 N–H and O–H groups in total. The molecule has 0 aliphatic rings. The standard InChI is InChI=1S/C17H19NO4/c1-11(2)13-8-9-22-15(13)16(19)18-10-14(17(20)21)12-6-4-3-5-7-12/h3-9,11,14H,10H2,1-2H3,(H,18,19)(H,20,21). The first-order valence-corrected chi connectivity index (χ1v) is 7.14. The maximum absolute atomic E-state index is 12.2. The van der Waals surface area contributed by atoms with Crippen LogP contribution in [0.15, 0.2) is 47.1 Å². The van der Waals surface area contributed by atoms with Crippen molar-refractivity contribution in [1.29, 1.82) is 0 Å². The number of aliphatic carboxylic acids is 1. The minimum atomic E-state index is -0.977. The zero-order valence-electron chi connectivity index (χ0n) is 12.6. The molecule has 22 heavy (non-hydrogen) atoms. The molecule has 0 aliphatic heterocycles. The lowest BCUT2D eigenvalue weighted by Crippen LogP contribution is -2.32. The summed E-state index contributed by atoms with van der Waals surface area (Å²) in [7, 11) is 0. The molecule has 5 nitrogen and oxygen atoms in total. The first-order valence-electron chi connectivity index (χ1n) is 7.14. The van der Waals surface area contributed by atoms with Crippen LogP contribution in [0.5, 0.6) is 0 Å². The summed E-state index contributed by atoms with van der Waals surface area (Å²) in [6.07, 6.45) is 1.47. The van der Waals surface area contributed by atoms with E-state index in [2.05, 4.69) is 5.32 Å². The molecule has 2 aromatic rings. The zero-order chi connectivity index (χ0) is 16.1. The van der Waals surface area contributed by atoms with Crippen LogP contribution in [-0.4, -0.2) is 23.5 Å². The lowest BCUT2D eigenvalue weighted by molar-refractivity contribution is -0.138. The van der Waals surface area contributed by atoms with Crippen LogP contribution in [-0.2, 0) is 4.79 Å². The molecule has 0 saturated heterocycles. The summed E-state index contributed by atoms with van der Waals surface area (Å²) in [6, 6.07) is 10.6. The highest BCUT2D eigenvalue weighted by Crippen LogP contribution is 2.21. The van der Waals surface area contributed by atoms with Crippen LogP contribution < -0.4 is 5.32 Å². The van der Waals surface area contributed by atoms with Crippen molar-refractivity contribution < 1.29 is 19.1 Å². The topological polar surface area (TPSA) is 79.5 Å². The quantitative estimate of drug-likeness (QED) is 0.859. The van der Waals surface area contributed by atoms with Gasteiger partial charge in [0.25, 0.3) is 5.91 Å². The SMILES string of the molecule is CC(C)c1ccoc1C(=O)NCC(C(=O)O)c1ccccc1. The molecule has 5 heteroatoms. The molecule has 0 radical (unpaired) electrons. The number of hydrogen-bond donors (Lipinski definition) is 2. The summed E-state index contributed by atoms with van der Waals surface area (Å²) in [5, 5.41) is 12.0. The number of carboxylic acids is 1. The molecular formula is C17H19NO4. The molecule has 1 amide bonds. The third-order valence-electron chi connectivity index (χ3n) is 3.49. The van der Waals surface area contributed by atoms with Gasteiger partial charge in [-0.2, -0.15) is 0 Å². The van der Waals surface area contributed by atoms with Gasteiger partial charge in [0, 0.05) is 12.1 Å². The molecule has 0 saturated carbocycles. The molecule has 116 valence electrons. The predicted molar refractivity (Wildman–Crippen MR) is 81.9 cm³/mol. The van der Waals surface area contributed by atoms with Crippen LogP contribution >= 0.6 is 0 Å².